The molecule has 21 heavy (non-hydrogen) atoms. The van der Waals surface area contributed by atoms with Crippen molar-refractivity contribution in [3.05, 3.63) is 22.2 Å². The SMILES string of the molecule is CNCC1CN(Cc2cc(OC)c(OC)cc2Br)CCO1. The fraction of sp³-hybridized carbons (Fsp3) is 0.600. The van der Waals surface area contributed by atoms with Crippen LogP contribution < -0.4 is 14.8 Å². The van der Waals surface area contributed by atoms with Crippen LogP contribution in [0.15, 0.2) is 16.6 Å². The van der Waals surface area contributed by atoms with Crippen molar-refractivity contribution < 1.29 is 14.2 Å². The Hall–Kier alpha value is -0.820. The van der Waals surface area contributed by atoms with Gasteiger partial charge in [-0.2, -0.15) is 0 Å². The van der Waals surface area contributed by atoms with E-state index in [1.165, 1.54) is 5.56 Å². The molecule has 0 radical (unpaired) electrons. The van der Waals surface area contributed by atoms with Crippen LogP contribution in [-0.2, 0) is 11.3 Å². The van der Waals surface area contributed by atoms with Gasteiger partial charge in [0.1, 0.15) is 0 Å². The number of hydrogen-bond acceptors (Lipinski definition) is 5. The molecule has 1 aromatic carbocycles. The quantitative estimate of drug-likeness (QED) is 0.840. The minimum absolute atomic E-state index is 0.252. The maximum absolute atomic E-state index is 5.74. The predicted octanol–water partition coefficient (Wildman–Crippen LogP) is 1.89. The van der Waals surface area contributed by atoms with E-state index in [-0.39, 0.29) is 6.10 Å². The number of rotatable bonds is 6. The molecular weight excluding hydrogens is 336 g/mol. The number of benzene rings is 1. The molecule has 0 bridgehead atoms. The first-order valence-electron chi connectivity index (χ1n) is 7.07. The van der Waals surface area contributed by atoms with Gasteiger partial charge in [-0.15, -0.1) is 0 Å². The van der Waals surface area contributed by atoms with E-state index in [0.717, 1.165) is 48.8 Å². The lowest BCUT2D eigenvalue weighted by atomic mass is 10.1. The summed E-state index contributed by atoms with van der Waals surface area (Å²) in [5.74, 6) is 1.50. The third-order valence-corrected chi connectivity index (χ3v) is 4.34. The summed E-state index contributed by atoms with van der Waals surface area (Å²) >= 11 is 3.62. The van der Waals surface area contributed by atoms with Gasteiger partial charge in [-0.25, -0.2) is 0 Å². The molecule has 1 aromatic rings. The van der Waals surface area contributed by atoms with Gasteiger partial charge < -0.3 is 19.5 Å². The highest BCUT2D eigenvalue weighted by Gasteiger charge is 2.21. The smallest absolute Gasteiger partial charge is 0.161 e. The molecule has 1 saturated heterocycles. The number of ether oxygens (including phenoxy) is 3. The molecule has 1 aliphatic heterocycles. The first-order chi connectivity index (χ1) is 10.2. The lowest BCUT2D eigenvalue weighted by molar-refractivity contribution is -0.0292. The van der Waals surface area contributed by atoms with Crippen LogP contribution in [0.5, 0.6) is 11.5 Å². The van der Waals surface area contributed by atoms with Crippen molar-refractivity contribution in [3.63, 3.8) is 0 Å². The van der Waals surface area contributed by atoms with Crippen molar-refractivity contribution >= 4 is 15.9 Å². The summed E-state index contributed by atoms with van der Waals surface area (Å²) in [6, 6.07) is 3.99. The van der Waals surface area contributed by atoms with Gasteiger partial charge in [0.2, 0.25) is 0 Å². The largest absolute Gasteiger partial charge is 0.493 e. The van der Waals surface area contributed by atoms with Crippen LogP contribution in [0.25, 0.3) is 0 Å². The summed E-state index contributed by atoms with van der Waals surface area (Å²) in [4.78, 5) is 2.40. The van der Waals surface area contributed by atoms with E-state index in [2.05, 4.69) is 26.1 Å². The Labute approximate surface area is 134 Å². The molecule has 0 aromatic heterocycles. The third kappa shape index (κ3) is 4.32. The molecule has 1 fully saturated rings. The van der Waals surface area contributed by atoms with E-state index < -0.39 is 0 Å². The summed E-state index contributed by atoms with van der Waals surface area (Å²) in [6.45, 7) is 4.40. The Bertz CT molecular complexity index is 468. The van der Waals surface area contributed by atoms with Crippen LogP contribution in [0.3, 0.4) is 0 Å². The number of morpholine rings is 1. The molecule has 0 saturated carbocycles. The van der Waals surface area contributed by atoms with Gasteiger partial charge in [-0.1, -0.05) is 15.9 Å². The first-order valence-corrected chi connectivity index (χ1v) is 7.86. The molecule has 2 rings (SSSR count). The normalized spacial score (nSPS) is 19.5. The van der Waals surface area contributed by atoms with Gasteiger partial charge >= 0.3 is 0 Å². The second kappa shape index (κ2) is 7.98. The molecule has 1 atom stereocenters. The van der Waals surface area contributed by atoms with E-state index in [4.69, 9.17) is 14.2 Å². The number of hydrogen-bond donors (Lipinski definition) is 1. The highest BCUT2D eigenvalue weighted by atomic mass is 79.9. The van der Waals surface area contributed by atoms with Crippen LogP contribution in [0.1, 0.15) is 5.56 Å². The Morgan fingerprint density at radius 1 is 1.33 bits per heavy atom. The highest BCUT2D eigenvalue weighted by Crippen LogP contribution is 2.34. The zero-order chi connectivity index (χ0) is 15.2. The van der Waals surface area contributed by atoms with Crippen LogP contribution in [0.4, 0.5) is 0 Å². The number of halogens is 1. The van der Waals surface area contributed by atoms with E-state index >= 15 is 0 Å². The minimum Gasteiger partial charge on any atom is -0.493 e. The van der Waals surface area contributed by atoms with E-state index in [9.17, 15) is 0 Å². The Kier molecular flexibility index (Phi) is 6.29. The standard InChI is InChI=1S/C15H23BrN2O3/c1-17-8-12-10-18(4-5-21-12)9-11-6-14(19-2)15(20-3)7-13(11)16/h6-7,12,17H,4-5,8-10H2,1-3H3. The number of nitrogens with zero attached hydrogens (tertiary/aromatic N) is 1. The molecule has 6 heteroatoms. The summed E-state index contributed by atoms with van der Waals surface area (Å²) in [7, 11) is 5.26. The molecule has 1 heterocycles. The molecule has 1 unspecified atom stereocenters. The van der Waals surface area contributed by atoms with Gasteiger partial charge in [0.15, 0.2) is 11.5 Å². The van der Waals surface area contributed by atoms with E-state index in [1.807, 2.05) is 19.2 Å². The molecule has 5 nitrogen and oxygen atoms in total. The zero-order valence-corrected chi connectivity index (χ0v) is 14.4. The van der Waals surface area contributed by atoms with E-state index in [1.54, 1.807) is 14.2 Å². The monoisotopic (exact) mass is 358 g/mol. The number of methoxy groups -OCH3 is 2. The van der Waals surface area contributed by atoms with Crippen molar-refractivity contribution in [2.45, 2.75) is 12.6 Å². The van der Waals surface area contributed by atoms with Crippen molar-refractivity contribution in [1.29, 1.82) is 0 Å². The number of likely N-dealkylation sites (N-methyl/N-ethyl adjacent to an activating group) is 1. The van der Waals surface area contributed by atoms with Crippen LogP contribution in [0.2, 0.25) is 0 Å². The lowest BCUT2D eigenvalue weighted by Crippen LogP contribution is -2.45. The van der Waals surface area contributed by atoms with Gasteiger partial charge in [0.05, 0.1) is 26.9 Å². The topological polar surface area (TPSA) is 43.0 Å². The summed E-state index contributed by atoms with van der Waals surface area (Å²) in [5, 5.41) is 3.17. The van der Waals surface area contributed by atoms with Gasteiger partial charge in [-0.05, 0) is 24.7 Å². The molecule has 1 N–H and O–H groups in total. The van der Waals surface area contributed by atoms with Gasteiger partial charge in [0.25, 0.3) is 0 Å². The van der Waals surface area contributed by atoms with Crippen molar-refractivity contribution in [2.75, 3.05) is 47.5 Å². The van der Waals surface area contributed by atoms with Gasteiger partial charge in [0, 0.05) is 30.7 Å². The van der Waals surface area contributed by atoms with Crippen molar-refractivity contribution in [1.82, 2.24) is 10.2 Å². The fourth-order valence-corrected chi connectivity index (χ4v) is 2.98. The maximum Gasteiger partial charge on any atom is 0.161 e. The summed E-state index contributed by atoms with van der Waals surface area (Å²) in [5.41, 5.74) is 1.19. The maximum atomic E-state index is 5.74. The van der Waals surface area contributed by atoms with Crippen LogP contribution >= 0.6 is 15.9 Å². The highest BCUT2D eigenvalue weighted by molar-refractivity contribution is 9.10. The molecule has 118 valence electrons. The predicted molar refractivity (Wildman–Crippen MR) is 86.2 cm³/mol. The van der Waals surface area contributed by atoms with Crippen LogP contribution in [-0.4, -0.2) is 58.5 Å². The third-order valence-electron chi connectivity index (χ3n) is 3.60. The van der Waals surface area contributed by atoms with Crippen LogP contribution in [0, 0.1) is 0 Å². The van der Waals surface area contributed by atoms with E-state index in [0.29, 0.717) is 0 Å². The molecule has 0 spiro atoms. The first kappa shape index (κ1) is 16.5. The minimum atomic E-state index is 0.252. The average Bonchev–Trinajstić information content (AvgIpc) is 2.49. The molecule has 0 amide bonds. The fourth-order valence-electron chi connectivity index (χ4n) is 2.53. The summed E-state index contributed by atoms with van der Waals surface area (Å²) < 4.78 is 17.5. The number of nitrogens with one attached hydrogen (secondary N) is 1. The second-order valence-electron chi connectivity index (χ2n) is 5.08. The van der Waals surface area contributed by atoms with Gasteiger partial charge in [-0.3, -0.25) is 4.90 Å². The zero-order valence-electron chi connectivity index (χ0n) is 12.8. The summed E-state index contributed by atoms with van der Waals surface area (Å²) in [6.07, 6.45) is 0.252. The van der Waals surface area contributed by atoms with Crippen molar-refractivity contribution in [2.24, 2.45) is 0 Å². The second-order valence-corrected chi connectivity index (χ2v) is 5.94. The average molecular weight is 359 g/mol. The molecule has 0 aliphatic carbocycles. The Morgan fingerprint density at radius 2 is 2.05 bits per heavy atom. The molecule has 1 aliphatic rings. The van der Waals surface area contributed by atoms with Crippen molar-refractivity contribution in [3.8, 4) is 11.5 Å². The molecular formula is C15H23BrN2O3. The Balaban J connectivity index is 2.08. The Morgan fingerprint density at radius 3 is 2.71 bits per heavy atom. The lowest BCUT2D eigenvalue weighted by Gasteiger charge is -2.33.